The average molecular weight is 392 g/mol. The largest absolute Gasteiger partial charge is 0.281 e. The number of sulfone groups is 1. The van der Waals surface area contributed by atoms with E-state index in [2.05, 4.69) is 10.5 Å². The first-order chi connectivity index (χ1) is 12.4. The summed E-state index contributed by atoms with van der Waals surface area (Å²) in [6, 6.07) is 5.44. The molecule has 1 aromatic heterocycles. The molecule has 0 radical (unpaired) electrons. The van der Waals surface area contributed by atoms with Gasteiger partial charge in [0.25, 0.3) is 5.91 Å². The van der Waals surface area contributed by atoms with Gasteiger partial charge < -0.3 is 0 Å². The number of hydrogen-bond acceptors (Lipinski definition) is 5. The molecule has 1 aromatic carbocycles. The number of hydrazone groups is 1. The molecule has 0 bridgehead atoms. The lowest BCUT2D eigenvalue weighted by molar-refractivity contribution is 0.0958. The minimum Gasteiger partial charge on any atom is -0.266 e. The summed E-state index contributed by atoms with van der Waals surface area (Å²) in [6.07, 6.45) is 4.43. The standard InChI is InChI=1S/C18H17FN2O3S2/c19-12-5-6-17-13(10-12)14(7-8-26(17,23)24)20-21-18(22)16-9-11-3-1-2-4-15(11)25-16/h5-6,9-10H,1-4,7-8H2,(H,21,22)/b20-14-. The van der Waals surface area contributed by atoms with Crippen molar-refractivity contribution in [2.75, 3.05) is 5.75 Å². The lowest BCUT2D eigenvalue weighted by Crippen LogP contribution is -2.26. The molecule has 8 heteroatoms. The van der Waals surface area contributed by atoms with E-state index in [9.17, 15) is 17.6 Å². The van der Waals surface area contributed by atoms with Crippen LogP contribution in [0.3, 0.4) is 0 Å². The van der Waals surface area contributed by atoms with Crippen molar-refractivity contribution in [3.05, 3.63) is 51.0 Å². The van der Waals surface area contributed by atoms with Crippen molar-refractivity contribution in [1.82, 2.24) is 5.43 Å². The van der Waals surface area contributed by atoms with Gasteiger partial charge in [-0.2, -0.15) is 5.10 Å². The summed E-state index contributed by atoms with van der Waals surface area (Å²) in [6.45, 7) is 0. The molecule has 2 aliphatic rings. The number of halogens is 1. The minimum atomic E-state index is -3.44. The molecule has 1 aliphatic carbocycles. The molecular formula is C18H17FN2O3S2. The van der Waals surface area contributed by atoms with Crippen LogP contribution in [0, 0.1) is 5.82 Å². The zero-order chi connectivity index (χ0) is 18.3. The summed E-state index contributed by atoms with van der Waals surface area (Å²) in [7, 11) is -3.44. The Morgan fingerprint density at radius 3 is 2.77 bits per heavy atom. The molecule has 5 nitrogen and oxygen atoms in total. The molecular weight excluding hydrogens is 375 g/mol. The van der Waals surface area contributed by atoms with E-state index in [1.165, 1.54) is 27.8 Å². The number of thiophene rings is 1. The molecule has 0 unspecified atom stereocenters. The SMILES string of the molecule is O=C(N/N=C1/CCS(=O)(=O)c2ccc(F)cc21)c1cc2c(s1)CCCC2. The second-order valence-corrected chi connectivity index (χ2v) is 9.69. The highest BCUT2D eigenvalue weighted by atomic mass is 32.2. The first-order valence-corrected chi connectivity index (χ1v) is 10.9. The van der Waals surface area contributed by atoms with Crippen LogP contribution in [0.15, 0.2) is 34.3 Å². The molecule has 26 heavy (non-hydrogen) atoms. The van der Waals surface area contributed by atoms with Crippen molar-refractivity contribution >= 4 is 32.8 Å². The van der Waals surface area contributed by atoms with Crippen LogP contribution >= 0.6 is 11.3 Å². The smallest absolute Gasteiger partial charge is 0.266 e. The van der Waals surface area contributed by atoms with Crippen molar-refractivity contribution < 1.29 is 17.6 Å². The second-order valence-electron chi connectivity index (χ2n) is 6.47. The first kappa shape index (κ1) is 17.4. The number of nitrogens with zero attached hydrogens (tertiary/aromatic N) is 1. The van der Waals surface area contributed by atoms with Gasteiger partial charge in [0.15, 0.2) is 9.84 Å². The van der Waals surface area contributed by atoms with Gasteiger partial charge in [0.05, 0.1) is 21.2 Å². The van der Waals surface area contributed by atoms with Gasteiger partial charge in [-0.15, -0.1) is 11.3 Å². The van der Waals surface area contributed by atoms with Gasteiger partial charge in [0, 0.05) is 16.9 Å². The predicted molar refractivity (Wildman–Crippen MR) is 98.0 cm³/mol. The highest BCUT2D eigenvalue weighted by Gasteiger charge is 2.28. The summed E-state index contributed by atoms with van der Waals surface area (Å²) in [5, 5.41) is 4.11. The molecule has 1 amide bonds. The molecule has 0 fully saturated rings. The van der Waals surface area contributed by atoms with E-state index < -0.39 is 15.7 Å². The Bertz CT molecular complexity index is 1000. The number of rotatable bonds is 2. The van der Waals surface area contributed by atoms with Gasteiger partial charge in [-0.1, -0.05) is 0 Å². The molecule has 1 N–H and O–H groups in total. The molecule has 0 spiro atoms. The number of aryl methyl sites for hydroxylation is 2. The van der Waals surface area contributed by atoms with Crippen LogP contribution in [-0.2, 0) is 22.7 Å². The van der Waals surface area contributed by atoms with Gasteiger partial charge >= 0.3 is 0 Å². The quantitative estimate of drug-likeness (QED) is 0.630. The number of hydrogen-bond donors (Lipinski definition) is 1. The molecule has 0 saturated carbocycles. The summed E-state index contributed by atoms with van der Waals surface area (Å²) in [4.78, 5) is 14.3. The predicted octanol–water partition coefficient (Wildman–Crippen LogP) is 3.08. The Kier molecular flexibility index (Phi) is 4.40. The molecule has 1 aliphatic heterocycles. The summed E-state index contributed by atoms with van der Waals surface area (Å²) in [5.41, 5.74) is 4.34. The molecule has 0 atom stereocenters. The minimum absolute atomic E-state index is 0.0599. The molecule has 136 valence electrons. The monoisotopic (exact) mass is 392 g/mol. The average Bonchev–Trinajstić information content (AvgIpc) is 3.05. The van der Waals surface area contributed by atoms with Crippen molar-refractivity contribution in [3.63, 3.8) is 0 Å². The van der Waals surface area contributed by atoms with Crippen LogP contribution in [0.25, 0.3) is 0 Å². The van der Waals surface area contributed by atoms with Crippen LogP contribution < -0.4 is 5.43 Å². The number of amides is 1. The van der Waals surface area contributed by atoms with Gasteiger partial charge in [-0.3, -0.25) is 4.79 Å². The van der Waals surface area contributed by atoms with E-state index in [1.54, 1.807) is 0 Å². The highest BCUT2D eigenvalue weighted by molar-refractivity contribution is 7.91. The molecule has 2 heterocycles. The maximum Gasteiger partial charge on any atom is 0.281 e. The van der Waals surface area contributed by atoms with E-state index in [1.807, 2.05) is 6.07 Å². The van der Waals surface area contributed by atoms with Crippen LogP contribution in [-0.4, -0.2) is 25.8 Å². The zero-order valence-electron chi connectivity index (χ0n) is 13.9. The van der Waals surface area contributed by atoms with E-state index >= 15 is 0 Å². The summed E-state index contributed by atoms with van der Waals surface area (Å²) in [5.74, 6) is -0.956. The van der Waals surface area contributed by atoms with E-state index in [-0.39, 0.29) is 28.5 Å². The lowest BCUT2D eigenvalue weighted by atomic mass is 9.99. The third kappa shape index (κ3) is 3.19. The summed E-state index contributed by atoms with van der Waals surface area (Å²) >= 11 is 1.48. The molecule has 0 saturated heterocycles. The van der Waals surface area contributed by atoms with Gasteiger partial charge in [0.1, 0.15) is 5.82 Å². The molecule has 2 aromatic rings. The van der Waals surface area contributed by atoms with Crippen LogP contribution in [0.2, 0.25) is 0 Å². The fraction of sp³-hybridized carbons (Fsp3) is 0.333. The summed E-state index contributed by atoms with van der Waals surface area (Å²) < 4.78 is 37.9. The Morgan fingerprint density at radius 2 is 1.96 bits per heavy atom. The second kappa shape index (κ2) is 6.59. The number of carbonyl (C=O) groups is 1. The van der Waals surface area contributed by atoms with Gasteiger partial charge in [0.2, 0.25) is 0 Å². The van der Waals surface area contributed by atoms with E-state index in [4.69, 9.17) is 0 Å². The number of benzene rings is 1. The van der Waals surface area contributed by atoms with Gasteiger partial charge in [-0.25, -0.2) is 18.2 Å². The van der Waals surface area contributed by atoms with Crippen molar-refractivity contribution in [2.24, 2.45) is 5.10 Å². The Labute approximate surface area is 154 Å². The lowest BCUT2D eigenvalue weighted by Gasteiger charge is -2.18. The van der Waals surface area contributed by atoms with Crippen LogP contribution in [0.1, 0.15) is 44.9 Å². The maximum absolute atomic E-state index is 13.6. The number of carbonyl (C=O) groups excluding carboxylic acids is 1. The fourth-order valence-corrected chi connectivity index (χ4v) is 5.98. The number of fused-ring (bicyclic) bond motifs is 2. The van der Waals surface area contributed by atoms with Crippen molar-refractivity contribution in [1.29, 1.82) is 0 Å². The van der Waals surface area contributed by atoms with Crippen molar-refractivity contribution in [2.45, 2.75) is 37.0 Å². The number of nitrogens with one attached hydrogen (secondary N) is 1. The highest BCUT2D eigenvalue weighted by Crippen LogP contribution is 2.30. The van der Waals surface area contributed by atoms with Crippen LogP contribution in [0.4, 0.5) is 4.39 Å². The Balaban J connectivity index is 1.60. The van der Waals surface area contributed by atoms with Gasteiger partial charge in [-0.05, 0) is 55.5 Å². The maximum atomic E-state index is 13.6. The van der Waals surface area contributed by atoms with Crippen molar-refractivity contribution in [3.8, 4) is 0 Å². The Morgan fingerprint density at radius 1 is 1.15 bits per heavy atom. The molecule has 4 rings (SSSR count). The zero-order valence-corrected chi connectivity index (χ0v) is 15.6. The normalized spacial score (nSPS) is 19.7. The van der Waals surface area contributed by atoms with E-state index in [0.717, 1.165) is 37.8 Å². The van der Waals surface area contributed by atoms with E-state index in [0.29, 0.717) is 10.6 Å². The first-order valence-electron chi connectivity index (χ1n) is 8.45. The topological polar surface area (TPSA) is 75.6 Å². The Hall–Kier alpha value is -2.06. The third-order valence-corrected chi connectivity index (χ3v) is 7.71. The fourth-order valence-electron chi connectivity index (χ4n) is 3.37. The third-order valence-electron chi connectivity index (χ3n) is 4.71. The van der Waals surface area contributed by atoms with Crippen LogP contribution in [0.5, 0.6) is 0 Å².